The lowest BCUT2D eigenvalue weighted by atomic mass is 10.2. The standard InChI is InChI=1S/C13H15N3O3/c1-3-16(9-12(17)18)13(19)15(2)11-6-4-10(8-14)5-7-11/h4-7H,3,9H2,1-2H3,(H,17,18). The molecule has 100 valence electrons. The summed E-state index contributed by atoms with van der Waals surface area (Å²) in [5.41, 5.74) is 1.11. The Bertz CT molecular complexity index is 505. The fraction of sp³-hybridized carbons (Fsp3) is 0.308. The average molecular weight is 261 g/mol. The van der Waals surface area contributed by atoms with E-state index in [0.717, 1.165) is 0 Å². The van der Waals surface area contributed by atoms with E-state index in [-0.39, 0.29) is 6.54 Å². The monoisotopic (exact) mass is 261 g/mol. The quantitative estimate of drug-likeness (QED) is 0.890. The van der Waals surface area contributed by atoms with Crippen molar-refractivity contribution in [2.45, 2.75) is 6.92 Å². The van der Waals surface area contributed by atoms with Gasteiger partial charge < -0.3 is 10.0 Å². The summed E-state index contributed by atoms with van der Waals surface area (Å²) in [7, 11) is 1.56. The van der Waals surface area contributed by atoms with E-state index in [1.807, 2.05) is 6.07 Å². The number of carboxylic acid groups (broad SMARTS) is 1. The number of anilines is 1. The maximum Gasteiger partial charge on any atom is 0.324 e. The van der Waals surface area contributed by atoms with Gasteiger partial charge in [0.15, 0.2) is 0 Å². The van der Waals surface area contributed by atoms with Crippen molar-refractivity contribution in [2.24, 2.45) is 0 Å². The minimum absolute atomic E-state index is 0.311. The predicted molar refractivity (Wildman–Crippen MR) is 69.8 cm³/mol. The summed E-state index contributed by atoms with van der Waals surface area (Å²) < 4.78 is 0. The van der Waals surface area contributed by atoms with Gasteiger partial charge in [0.25, 0.3) is 0 Å². The van der Waals surface area contributed by atoms with Crippen molar-refractivity contribution in [3.63, 3.8) is 0 Å². The van der Waals surface area contributed by atoms with Gasteiger partial charge in [-0.25, -0.2) is 4.79 Å². The Balaban J connectivity index is 2.85. The number of carbonyl (C=O) groups excluding carboxylic acids is 1. The Kier molecular flexibility index (Phi) is 4.89. The van der Waals surface area contributed by atoms with Gasteiger partial charge in [0.1, 0.15) is 6.54 Å². The van der Waals surface area contributed by atoms with E-state index in [0.29, 0.717) is 17.8 Å². The molecule has 0 aliphatic rings. The van der Waals surface area contributed by atoms with Gasteiger partial charge in [-0.2, -0.15) is 5.26 Å². The molecule has 1 N–H and O–H groups in total. The Hall–Kier alpha value is -2.55. The van der Waals surface area contributed by atoms with Crippen LogP contribution in [0.4, 0.5) is 10.5 Å². The number of hydrogen-bond acceptors (Lipinski definition) is 3. The highest BCUT2D eigenvalue weighted by atomic mass is 16.4. The van der Waals surface area contributed by atoms with Crippen LogP contribution in [0.2, 0.25) is 0 Å². The lowest BCUT2D eigenvalue weighted by Gasteiger charge is -2.26. The normalized spacial score (nSPS) is 9.53. The van der Waals surface area contributed by atoms with Crippen molar-refractivity contribution in [3.05, 3.63) is 29.8 Å². The van der Waals surface area contributed by atoms with Crippen molar-refractivity contribution in [1.29, 1.82) is 5.26 Å². The first-order chi connectivity index (χ1) is 8.99. The third kappa shape index (κ3) is 3.71. The molecular formula is C13H15N3O3. The lowest BCUT2D eigenvalue weighted by Crippen LogP contribution is -2.43. The topological polar surface area (TPSA) is 84.6 Å². The molecule has 2 amide bonds. The second kappa shape index (κ2) is 6.40. The molecule has 0 fully saturated rings. The number of urea groups is 1. The van der Waals surface area contributed by atoms with Crippen molar-refractivity contribution < 1.29 is 14.7 Å². The van der Waals surface area contributed by atoms with Gasteiger partial charge in [-0.05, 0) is 31.2 Å². The first-order valence-electron chi connectivity index (χ1n) is 5.74. The minimum Gasteiger partial charge on any atom is -0.480 e. The predicted octanol–water partition coefficient (Wildman–Crippen LogP) is 1.52. The largest absolute Gasteiger partial charge is 0.480 e. The van der Waals surface area contributed by atoms with Gasteiger partial charge in [0, 0.05) is 19.3 Å². The molecular weight excluding hydrogens is 246 g/mol. The van der Waals surface area contributed by atoms with Gasteiger partial charge >= 0.3 is 12.0 Å². The number of hydrogen-bond donors (Lipinski definition) is 1. The molecule has 1 aromatic rings. The highest BCUT2D eigenvalue weighted by Crippen LogP contribution is 2.15. The fourth-order valence-electron chi connectivity index (χ4n) is 1.56. The fourth-order valence-corrected chi connectivity index (χ4v) is 1.56. The summed E-state index contributed by atoms with van der Waals surface area (Å²) >= 11 is 0. The second-order valence-electron chi connectivity index (χ2n) is 3.91. The summed E-state index contributed by atoms with van der Waals surface area (Å²) in [5.74, 6) is -1.05. The molecule has 0 radical (unpaired) electrons. The number of aliphatic carboxylic acids is 1. The van der Waals surface area contributed by atoms with Gasteiger partial charge in [-0.15, -0.1) is 0 Å². The molecule has 0 aliphatic heterocycles. The van der Waals surface area contributed by atoms with Crippen molar-refractivity contribution in [3.8, 4) is 6.07 Å². The molecule has 0 unspecified atom stereocenters. The second-order valence-corrected chi connectivity index (χ2v) is 3.91. The van der Waals surface area contributed by atoms with Crippen molar-refractivity contribution in [2.75, 3.05) is 25.0 Å². The van der Waals surface area contributed by atoms with E-state index in [4.69, 9.17) is 10.4 Å². The molecule has 6 heteroatoms. The highest BCUT2D eigenvalue weighted by molar-refractivity contribution is 5.93. The summed E-state index contributed by atoms with van der Waals surface area (Å²) in [4.78, 5) is 25.3. The zero-order valence-electron chi connectivity index (χ0n) is 10.8. The molecule has 0 aliphatic carbocycles. The zero-order valence-corrected chi connectivity index (χ0v) is 10.8. The number of likely N-dealkylation sites (N-methyl/N-ethyl adjacent to an activating group) is 1. The van der Waals surface area contributed by atoms with Crippen LogP contribution in [-0.2, 0) is 4.79 Å². The van der Waals surface area contributed by atoms with Crippen LogP contribution in [0.3, 0.4) is 0 Å². The maximum absolute atomic E-state index is 12.1. The molecule has 0 saturated heterocycles. The van der Waals surface area contributed by atoms with Gasteiger partial charge in [0.2, 0.25) is 0 Å². The summed E-state index contributed by atoms with van der Waals surface area (Å²) in [6, 6.07) is 8.09. The van der Waals surface area contributed by atoms with Crippen LogP contribution in [0.15, 0.2) is 24.3 Å². The highest BCUT2D eigenvalue weighted by Gasteiger charge is 2.19. The number of nitriles is 1. The van der Waals surface area contributed by atoms with Crippen LogP contribution >= 0.6 is 0 Å². The molecule has 0 atom stereocenters. The number of carboxylic acids is 1. The third-order valence-electron chi connectivity index (χ3n) is 2.65. The SMILES string of the molecule is CCN(CC(=O)O)C(=O)N(C)c1ccc(C#N)cc1. The Morgan fingerprint density at radius 1 is 1.32 bits per heavy atom. The average Bonchev–Trinajstić information content (AvgIpc) is 2.43. The van der Waals surface area contributed by atoms with Crippen molar-refractivity contribution >= 4 is 17.7 Å². The summed E-state index contributed by atoms with van der Waals surface area (Å²) in [6.45, 7) is 1.69. The van der Waals surface area contributed by atoms with Crippen LogP contribution in [0.25, 0.3) is 0 Å². The number of amides is 2. The van der Waals surface area contributed by atoms with Crippen LogP contribution in [0.1, 0.15) is 12.5 Å². The number of benzene rings is 1. The summed E-state index contributed by atoms with van der Waals surface area (Å²) in [6.07, 6.45) is 0. The first kappa shape index (κ1) is 14.5. The summed E-state index contributed by atoms with van der Waals surface area (Å²) in [5, 5.41) is 17.4. The van der Waals surface area contributed by atoms with E-state index in [1.165, 1.54) is 9.80 Å². The van der Waals surface area contributed by atoms with Crippen LogP contribution in [0.5, 0.6) is 0 Å². The molecule has 0 saturated carbocycles. The molecule has 0 spiro atoms. The van der Waals surface area contributed by atoms with Crippen LogP contribution < -0.4 is 4.90 Å². The molecule has 19 heavy (non-hydrogen) atoms. The molecule has 6 nitrogen and oxygen atoms in total. The Labute approximate surface area is 111 Å². The smallest absolute Gasteiger partial charge is 0.324 e. The maximum atomic E-state index is 12.1. The van der Waals surface area contributed by atoms with Gasteiger partial charge in [-0.1, -0.05) is 0 Å². The van der Waals surface area contributed by atoms with Gasteiger partial charge in [-0.3, -0.25) is 9.69 Å². The Morgan fingerprint density at radius 3 is 2.32 bits per heavy atom. The number of rotatable bonds is 4. The molecule has 1 aromatic carbocycles. The van der Waals surface area contributed by atoms with Crippen LogP contribution in [-0.4, -0.2) is 42.1 Å². The first-order valence-corrected chi connectivity index (χ1v) is 5.74. The molecule has 0 aromatic heterocycles. The number of carbonyl (C=O) groups is 2. The van der Waals surface area contributed by atoms with E-state index in [2.05, 4.69) is 0 Å². The van der Waals surface area contributed by atoms with Gasteiger partial charge in [0.05, 0.1) is 11.6 Å². The lowest BCUT2D eigenvalue weighted by molar-refractivity contribution is -0.137. The van der Waals surface area contributed by atoms with E-state index >= 15 is 0 Å². The number of nitrogens with zero attached hydrogens (tertiary/aromatic N) is 3. The Morgan fingerprint density at radius 2 is 1.89 bits per heavy atom. The van der Waals surface area contributed by atoms with Crippen molar-refractivity contribution in [1.82, 2.24) is 4.90 Å². The van der Waals surface area contributed by atoms with Crippen LogP contribution in [0, 0.1) is 11.3 Å². The molecule has 0 bridgehead atoms. The minimum atomic E-state index is -1.05. The third-order valence-corrected chi connectivity index (χ3v) is 2.65. The zero-order chi connectivity index (χ0) is 14.4. The molecule has 0 heterocycles. The van der Waals surface area contributed by atoms with E-state index in [1.54, 1.807) is 38.2 Å². The van der Waals surface area contributed by atoms with E-state index in [9.17, 15) is 9.59 Å². The molecule has 1 rings (SSSR count). The van der Waals surface area contributed by atoms with E-state index < -0.39 is 12.0 Å².